The number of fused-ring (bicyclic) bond motifs is 1. The molecule has 0 atom stereocenters. The largest absolute Gasteiger partial charge is 0.494 e. The van der Waals surface area contributed by atoms with E-state index in [-0.39, 0.29) is 5.91 Å². The lowest BCUT2D eigenvalue weighted by molar-refractivity contribution is -0.113. The Morgan fingerprint density at radius 3 is 3.12 bits per heavy atom. The second-order valence-corrected chi connectivity index (χ2v) is 5.13. The quantitative estimate of drug-likeness (QED) is 0.660. The maximum atomic E-state index is 11.2. The van der Waals surface area contributed by atoms with Crippen LogP contribution in [0.2, 0.25) is 0 Å². The standard InChI is InChI=1S/C12H14ClNO2S/c13-5-1-2-6-16-9-3-4-10-11(7-9)17-8-12(15)14-10/h3-4,7H,1-2,5-6,8H2,(H,14,15). The second-order valence-electron chi connectivity index (χ2n) is 3.74. The van der Waals surface area contributed by atoms with Gasteiger partial charge in [-0.05, 0) is 31.0 Å². The van der Waals surface area contributed by atoms with Gasteiger partial charge in [0.15, 0.2) is 0 Å². The summed E-state index contributed by atoms with van der Waals surface area (Å²) in [6, 6.07) is 5.74. The van der Waals surface area contributed by atoms with Gasteiger partial charge in [-0.15, -0.1) is 23.4 Å². The molecule has 1 N–H and O–H groups in total. The van der Waals surface area contributed by atoms with Crippen molar-refractivity contribution < 1.29 is 9.53 Å². The molecule has 17 heavy (non-hydrogen) atoms. The summed E-state index contributed by atoms with van der Waals surface area (Å²) in [6.07, 6.45) is 1.93. The summed E-state index contributed by atoms with van der Waals surface area (Å²) in [5.41, 5.74) is 0.874. The molecule has 0 fully saturated rings. The molecule has 0 saturated heterocycles. The van der Waals surface area contributed by atoms with Crippen LogP contribution in [-0.2, 0) is 4.79 Å². The Labute approximate surface area is 110 Å². The number of halogens is 1. The maximum absolute atomic E-state index is 11.2. The highest BCUT2D eigenvalue weighted by Crippen LogP contribution is 2.34. The molecule has 0 aliphatic carbocycles. The van der Waals surface area contributed by atoms with Gasteiger partial charge in [0.2, 0.25) is 5.91 Å². The molecule has 0 radical (unpaired) electrons. The molecule has 2 rings (SSSR count). The number of thioether (sulfide) groups is 1. The topological polar surface area (TPSA) is 38.3 Å². The van der Waals surface area contributed by atoms with E-state index in [9.17, 15) is 4.79 Å². The van der Waals surface area contributed by atoms with Crippen molar-refractivity contribution in [2.24, 2.45) is 0 Å². The summed E-state index contributed by atoms with van der Waals surface area (Å²) < 4.78 is 5.62. The van der Waals surface area contributed by atoms with Crippen molar-refractivity contribution in [1.29, 1.82) is 0 Å². The lowest BCUT2D eigenvalue weighted by Crippen LogP contribution is -2.18. The summed E-state index contributed by atoms with van der Waals surface area (Å²) in [5, 5.41) is 2.83. The first-order chi connectivity index (χ1) is 8.29. The molecule has 1 heterocycles. The first kappa shape index (κ1) is 12.6. The predicted octanol–water partition coefficient (Wildman–Crippen LogP) is 3.13. The molecule has 1 aromatic carbocycles. The third-order valence-corrected chi connectivity index (χ3v) is 3.71. The Morgan fingerprint density at radius 2 is 2.29 bits per heavy atom. The maximum Gasteiger partial charge on any atom is 0.234 e. The number of nitrogens with one attached hydrogen (secondary N) is 1. The van der Waals surface area contributed by atoms with Gasteiger partial charge in [0.25, 0.3) is 0 Å². The molecule has 92 valence electrons. The van der Waals surface area contributed by atoms with Gasteiger partial charge in [-0.2, -0.15) is 0 Å². The average Bonchev–Trinajstić information content (AvgIpc) is 2.35. The Balaban J connectivity index is 1.94. The first-order valence-corrected chi connectivity index (χ1v) is 7.07. The summed E-state index contributed by atoms with van der Waals surface area (Å²) >= 11 is 7.13. The van der Waals surface area contributed by atoms with Crippen LogP contribution in [0.4, 0.5) is 5.69 Å². The molecule has 0 aromatic heterocycles. The third-order valence-electron chi connectivity index (χ3n) is 2.38. The highest BCUT2D eigenvalue weighted by Gasteiger charge is 2.15. The van der Waals surface area contributed by atoms with E-state index in [1.165, 1.54) is 0 Å². The SMILES string of the molecule is O=C1CSc2cc(OCCCCCl)ccc2N1. The number of carbonyl (C=O) groups is 1. The molecule has 0 unspecified atom stereocenters. The Bertz CT molecular complexity index is 411. The molecule has 3 nitrogen and oxygen atoms in total. The summed E-state index contributed by atoms with van der Waals surface area (Å²) in [4.78, 5) is 12.2. The van der Waals surface area contributed by atoms with Gasteiger partial charge < -0.3 is 10.1 Å². The number of hydrogen-bond acceptors (Lipinski definition) is 3. The van der Waals surface area contributed by atoms with Crippen molar-refractivity contribution in [2.75, 3.05) is 23.6 Å². The number of carbonyl (C=O) groups excluding carboxylic acids is 1. The Kier molecular flexibility index (Phi) is 4.57. The highest BCUT2D eigenvalue weighted by atomic mass is 35.5. The van der Waals surface area contributed by atoms with E-state index >= 15 is 0 Å². The van der Waals surface area contributed by atoms with Crippen LogP contribution in [0.15, 0.2) is 23.1 Å². The van der Waals surface area contributed by atoms with Crippen LogP contribution >= 0.6 is 23.4 Å². The molecule has 1 aliphatic rings. The van der Waals surface area contributed by atoms with E-state index in [1.807, 2.05) is 18.2 Å². The minimum atomic E-state index is 0.0540. The zero-order valence-electron chi connectivity index (χ0n) is 9.37. The molecule has 1 aromatic rings. The van der Waals surface area contributed by atoms with E-state index in [0.29, 0.717) is 18.2 Å². The summed E-state index contributed by atoms with van der Waals surface area (Å²) in [5.74, 6) is 2.05. The molecular weight excluding hydrogens is 258 g/mol. The van der Waals surface area contributed by atoms with Gasteiger partial charge in [0.05, 0.1) is 18.0 Å². The van der Waals surface area contributed by atoms with E-state index in [4.69, 9.17) is 16.3 Å². The zero-order valence-corrected chi connectivity index (χ0v) is 10.9. The predicted molar refractivity (Wildman–Crippen MR) is 71.2 cm³/mol. The van der Waals surface area contributed by atoms with Gasteiger partial charge in [0.1, 0.15) is 5.75 Å². The van der Waals surface area contributed by atoms with Crippen LogP contribution in [0.5, 0.6) is 5.75 Å². The van der Waals surface area contributed by atoms with Gasteiger partial charge in [-0.1, -0.05) is 0 Å². The van der Waals surface area contributed by atoms with Crippen molar-refractivity contribution in [3.05, 3.63) is 18.2 Å². The molecule has 0 spiro atoms. The van der Waals surface area contributed by atoms with E-state index < -0.39 is 0 Å². The van der Waals surface area contributed by atoms with E-state index in [1.54, 1.807) is 11.8 Å². The van der Waals surface area contributed by atoms with Crippen molar-refractivity contribution in [3.63, 3.8) is 0 Å². The van der Waals surface area contributed by atoms with Crippen LogP contribution in [0, 0.1) is 0 Å². The molecule has 1 aliphatic heterocycles. The molecule has 1 amide bonds. The third kappa shape index (κ3) is 3.54. The number of unbranched alkanes of at least 4 members (excludes halogenated alkanes) is 1. The Morgan fingerprint density at radius 1 is 1.41 bits per heavy atom. The number of rotatable bonds is 5. The second kappa shape index (κ2) is 6.17. The van der Waals surface area contributed by atoms with Gasteiger partial charge >= 0.3 is 0 Å². The van der Waals surface area contributed by atoms with Gasteiger partial charge in [0, 0.05) is 10.8 Å². The Hall–Kier alpha value is -0.870. The smallest absolute Gasteiger partial charge is 0.234 e. The number of benzene rings is 1. The number of hydrogen-bond donors (Lipinski definition) is 1. The highest BCUT2D eigenvalue weighted by molar-refractivity contribution is 8.00. The van der Waals surface area contributed by atoms with Crippen LogP contribution in [0.3, 0.4) is 0 Å². The monoisotopic (exact) mass is 271 g/mol. The normalized spacial score (nSPS) is 14.1. The lowest BCUT2D eigenvalue weighted by Gasteiger charge is -2.17. The fourth-order valence-corrected chi connectivity index (χ4v) is 2.55. The van der Waals surface area contributed by atoms with Crippen LogP contribution in [-0.4, -0.2) is 24.1 Å². The molecule has 5 heteroatoms. The van der Waals surface area contributed by atoms with E-state index in [0.717, 1.165) is 29.2 Å². The van der Waals surface area contributed by atoms with Crippen molar-refractivity contribution in [3.8, 4) is 5.75 Å². The fraction of sp³-hybridized carbons (Fsp3) is 0.417. The number of anilines is 1. The summed E-state index contributed by atoms with van der Waals surface area (Å²) in [7, 11) is 0. The van der Waals surface area contributed by atoms with Crippen LogP contribution in [0.1, 0.15) is 12.8 Å². The first-order valence-electron chi connectivity index (χ1n) is 5.55. The summed E-state index contributed by atoms with van der Waals surface area (Å²) in [6.45, 7) is 0.683. The van der Waals surface area contributed by atoms with E-state index in [2.05, 4.69) is 5.32 Å². The minimum Gasteiger partial charge on any atom is -0.494 e. The van der Waals surface area contributed by atoms with Crippen molar-refractivity contribution >= 4 is 35.0 Å². The number of ether oxygens (including phenoxy) is 1. The van der Waals surface area contributed by atoms with Crippen LogP contribution in [0.25, 0.3) is 0 Å². The molecular formula is C12H14ClNO2S. The zero-order chi connectivity index (χ0) is 12.1. The molecule has 0 bridgehead atoms. The number of amides is 1. The lowest BCUT2D eigenvalue weighted by atomic mass is 10.3. The van der Waals surface area contributed by atoms with Crippen LogP contribution < -0.4 is 10.1 Å². The fourth-order valence-electron chi connectivity index (χ4n) is 1.53. The number of alkyl halides is 1. The van der Waals surface area contributed by atoms with Crippen molar-refractivity contribution in [2.45, 2.75) is 17.7 Å². The van der Waals surface area contributed by atoms with Gasteiger partial charge in [-0.25, -0.2) is 0 Å². The molecule has 0 saturated carbocycles. The van der Waals surface area contributed by atoms with Gasteiger partial charge in [-0.3, -0.25) is 4.79 Å². The van der Waals surface area contributed by atoms with Crippen molar-refractivity contribution in [1.82, 2.24) is 0 Å². The average molecular weight is 272 g/mol. The minimum absolute atomic E-state index is 0.0540.